The maximum Gasteiger partial charge on any atom is 0.266 e. The highest BCUT2D eigenvalue weighted by Gasteiger charge is 2.14. The van der Waals surface area contributed by atoms with Crippen molar-refractivity contribution in [3.63, 3.8) is 0 Å². The minimum atomic E-state index is -0.644. The summed E-state index contributed by atoms with van der Waals surface area (Å²) in [5, 5.41) is 13.5. The zero-order valence-electron chi connectivity index (χ0n) is 14.0. The average molecular weight is 452 g/mol. The lowest BCUT2D eigenvalue weighted by atomic mass is 10.2. The molecule has 0 spiro atoms. The summed E-state index contributed by atoms with van der Waals surface area (Å²) in [6, 6.07) is 14.8. The third-order valence-electron chi connectivity index (χ3n) is 3.65. The molecule has 0 atom stereocenters. The molecule has 0 fully saturated rings. The number of benzene rings is 2. The minimum Gasteiger partial charge on any atom is -0.457 e. The van der Waals surface area contributed by atoms with Crippen LogP contribution < -0.4 is 5.32 Å². The Labute approximate surface area is 180 Å². The van der Waals surface area contributed by atoms with Crippen LogP contribution in [0.25, 0.3) is 17.4 Å². The van der Waals surface area contributed by atoms with Crippen molar-refractivity contribution < 1.29 is 9.21 Å². The van der Waals surface area contributed by atoms with Crippen molar-refractivity contribution in [1.29, 1.82) is 5.26 Å². The summed E-state index contributed by atoms with van der Waals surface area (Å²) in [6.07, 6.45) is 1.32. The third kappa shape index (κ3) is 4.70. The van der Waals surface area contributed by atoms with E-state index in [0.29, 0.717) is 42.9 Å². The number of hydrogen-bond acceptors (Lipinski definition) is 3. The first kappa shape index (κ1) is 20.3. The first-order valence-electron chi connectivity index (χ1n) is 7.81. The fraction of sp³-hybridized carbons (Fsp3) is 0. The van der Waals surface area contributed by atoms with Crippen molar-refractivity contribution >= 4 is 64.1 Å². The maximum absolute atomic E-state index is 12.4. The van der Waals surface area contributed by atoms with Gasteiger partial charge in [-0.25, -0.2) is 0 Å². The molecule has 1 N–H and O–H groups in total. The van der Waals surface area contributed by atoms with E-state index in [1.807, 2.05) is 6.07 Å². The average Bonchev–Trinajstić information content (AvgIpc) is 3.11. The van der Waals surface area contributed by atoms with Gasteiger partial charge >= 0.3 is 0 Å². The van der Waals surface area contributed by atoms with Crippen LogP contribution in [0.2, 0.25) is 20.1 Å². The van der Waals surface area contributed by atoms with E-state index in [4.69, 9.17) is 50.8 Å². The molecule has 28 heavy (non-hydrogen) atoms. The van der Waals surface area contributed by atoms with Crippen LogP contribution in [0.3, 0.4) is 0 Å². The standard InChI is InChI=1S/C20H10Cl4N2O2/c21-12-1-4-15(17(24)8-12)19-6-3-14(28-19)7-11(10-25)20(27)26-18-9-13(22)2-5-16(18)23/h1-9H,(H,26,27)/b11-7+. The fourth-order valence-corrected chi connectivity index (χ4v) is 3.18. The molecule has 2 aromatic carbocycles. The second-order valence-electron chi connectivity index (χ2n) is 5.57. The smallest absolute Gasteiger partial charge is 0.266 e. The number of anilines is 1. The van der Waals surface area contributed by atoms with Crippen molar-refractivity contribution in [1.82, 2.24) is 0 Å². The third-order valence-corrected chi connectivity index (χ3v) is 4.76. The van der Waals surface area contributed by atoms with Gasteiger partial charge in [0.25, 0.3) is 5.91 Å². The number of amides is 1. The summed E-state index contributed by atoms with van der Waals surface area (Å²) in [7, 11) is 0. The van der Waals surface area contributed by atoms with Crippen molar-refractivity contribution in [2.45, 2.75) is 0 Å². The topological polar surface area (TPSA) is 66.0 Å². The van der Waals surface area contributed by atoms with Crippen molar-refractivity contribution in [2.24, 2.45) is 0 Å². The normalized spacial score (nSPS) is 11.2. The second-order valence-corrected chi connectivity index (χ2v) is 7.26. The van der Waals surface area contributed by atoms with Crippen molar-refractivity contribution in [3.8, 4) is 17.4 Å². The van der Waals surface area contributed by atoms with E-state index in [0.717, 1.165) is 0 Å². The Hall–Kier alpha value is -2.42. The Bertz CT molecular complexity index is 1130. The lowest BCUT2D eigenvalue weighted by molar-refractivity contribution is -0.112. The van der Waals surface area contributed by atoms with Gasteiger partial charge in [0.2, 0.25) is 0 Å². The number of nitrogens with zero attached hydrogens (tertiary/aromatic N) is 1. The van der Waals surface area contributed by atoms with Crippen molar-refractivity contribution in [2.75, 3.05) is 5.32 Å². The quantitative estimate of drug-likeness (QED) is 0.339. The molecule has 0 unspecified atom stereocenters. The SMILES string of the molecule is N#C/C(=C\c1ccc(-c2ccc(Cl)cc2Cl)o1)C(=O)Nc1cc(Cl)ccc1Cl. The highest BCUT2D eigenvalue weighted by Crippen LogP contribution is 2.32. The van der Waals surface area contributed by atoms with E-state index in [9.17, 15) is 10.1 Å². The molecule has 0 saturated heterocycles. The zero-order chi connectivity index (χ0) is 20.3. The number of hydrogen-bond donors (Lipinski definition) is 1. The number of nitrogens with one attached hydrogen (secondary N) is 1. The van der Waals surface area contributed by atoms with E-state index >= 15 is 0 Å². The molecule has 0 aliphatic rings. The van der Waals surface area contributed by atoms with Gasteiger partial charge in [-0.05, 0) is 48.5 Å². The summed E-state index contributed by atoms with van der Waals surface area (Å²) in [5.74, 6) is 0.141. The predicted molar refractivity (Wildman–Crippen MR) is 113 cm³/mol. The molecule has 0 bridgehead atoms. The van der Waals surface area contributed by atoms with Crippen LogP contribution >= 0.6 is 46.4 Å². The van der Waals surface area contributed by atoms with Gasteiger partial charge in [-0.2, -0.15) is 5.26 Å². The number of furan rings is 1. The van der Waals surface area contributed by atoms with E-state index in [2.05, 4.69) is 5.32 Å². The van der Waals surface area contributed by atoms with Gasteiger partial charge in [0.05, 0.1) is 15.7 Å². The molecule has 0 saturated carbocycles. The van der Waals surface area contributed by atoms with Crippen LogP contribution in [-0.2, 0) is 4.79 Å². The van der Waals surface area contributed by atoms with Gasteiger partial charge in [-0.1, -0.05) is 46.4 Å². The van der Waals surface area contributed by atoms with E-state index < -0.39 is 5.91 Å². The molecule has 0 aliphatic heterocycles. The molecular weight excluding hydrogens is 442 g/mol. The van der Waals surface area contributed by atoms with E-state index in [1.54, 1.807) is 42.5 Å². The summed E-state index contributed by atoms with van der Waals surface area (Å²) in [6.45, 7) is 0. The Morgan fingerprint density at radius 2 is 1.68 bits per heavy atom. The molecule has 0 radical (unpaired) electrons. The lowest BCUT2D eigenvalue weighted by Crippen LogP contribution is -2.13. The van der Waals surface area contributed by atoms with Gasteiger partial charge in [0, 0.05) is 21.7 Å². The molecule has 1 heterocycles. The summed E-state index contributed by atoms with van der Waals surface area (Å²) in [4.78, 5) is 12.4. The molecule has 1 aromatic heterocycles. The summed E-state index contributed by atoms with van der Waals surface area (Å²) >= 11 is 24.0. The monoisotopic (exact) mass is 450 g/mol. The highest BCUT2D eigenvalue weighted by atomic mass is 35.5. The Morgan fingerprint density at radius 1 is 0.964 bits per heavy atom. The van der Waals surface area contributed by atoms with Crippen molar-refractivity contribution in [3.05, 3.63) is 80.0 Å². The molecule has 3 aromatic rings. The molecule has 0 aliphatic carbocycles. The maximum atomic E-state index is 12.4. The molecular formula is C20H10Cl4N2O2. The molecule has 3 rings (SSSR count). The first-order chi connectivity index (χ1) is 13.4. The molecule has 1 amide bonds. The fourth-order valence-electron chi connectivity index (χ4n) is 2.34. The van der Waals surface area contributed by atoms with E-state index in [1.165, 1.54) is 12.1 Å². The van der Waals surface area contributed by atoms with Crippen LogP contribution in [0.15, 0.2) is 58.5 Å². The Balaban J connectivity index is 1.85. The first-order valence-corrected chi connectivity index (χ1v) is 9.32. The van der Waals surface area contributed by atoms with Gasteiger partial charge < -0.3 is 9.73 Å². The van der Waals surface area contributed by atoms with Gasteiger partial charge in [0.15, 0.2) is 0 Å². The van der Waals surface area contributed by atoms with Crippen LogP contribution in [-0.4, -0.2) is 5.91 Å². The molecule has 4 nitrogen and oxygen atoms in total. The zero-order valence-corrected chi connectivity index (χ0v) is 17.0. The predicted octanol–water partition coefficient (Wildman–Crippen LogP) is 7.11. The summed E-state index contributed by atoms with van der Waals surface area (Å²) in [5.41, 5.74) is 0.770. The van der Waals surface area contributed by atoms with E-state index in [-0.39, 0.29) is 5.57 Å². The van der Waals surface area contributed by atoms with Gasteiger partial charge in [-0.15, -0.1) is 0 Å². The largest absolute Gasteiger partial charge is 0.457 e. The van der Waals surface area contributed by atoms with Crippen LogP contribution in [0.1, 0.15) is 5.76 Å². The lowest BCUT2D eigenvalue weighted by Gasteiger charge is -2.06. The number of halogens is 4. The highest BCUT2D eigenvalue weighted by molar-refractivity contribution is 6.36. The van der Waals surface area contributed by atoms with Crippen LogP contribution in [0, 0.1) is 11.3 Å². The Kier molecular flexibility index (Phi) is 6.33. The summed E-state index contributed by atoms with van der Waals surface area (Å²) < 4.78 is 5.68. The Morgan fingerprint density at radius 3 is 2.39 bits per heavy atom. The van der Waals surface area contributed by atoms with Crippen LogP contribution in [0.4, 0.5) is 5.69 Å². The number of carbonyl (C=O) groups excluding carboxylic acids is 1. The number of rotatable bonds is 4. The molecule has 140 valence electrons. The molecule has 8 heteroatoms. The van der Waals surface area contributed by atoms with Gasteiger partial charge in [-0.3, -0.25) is 4.79 Å². The van der Waals surface area contributed by atoms with Gasteiger partial charge in [0.1, 0.15) is 23.2 Å². The number of carbonyl (C=O) groups is 1. The number of nitriles is 1. The minimum absolute atomic E-state index is 0.167. The second kappa shape index (κ2) is 8.72. The van der Waals surface area contributed by atoms with Crippen LogP contribution in [0.5, 0.6) is 0 Å².